The van der Waals surface area contributed by atoms with Crippen LogP contribution < -0.4 is 5.32 Å². The summed E-state index contributed by atoms with van der Waals surface area (Å²) in [4.78, 5) is 15.9. The van der Waals surface area contributed by atoms with Crippen LogP contribution in [0.3, 0.4) is 0 Å². The van der Waals surface area contributed by atoms with Crippen LogP contribution in [0.5, 0.6) is 0 Å². The zero-order valence-electron chi connectivity index (χ0n) is 11.3. The number of aryl methyl sites for hydroxylation is 1. The third kappa shape index (κ3) is 2.18. The lowest BCUT2D eigenvalue weighted by Gasteiger charge is -2.01. The maximum Gasteiger partial charge on any atom is 0.225 e. The zero-order chi connectivity index (χ0) is 14.1. The van der Waals surface area contributed by atoms with Gasteiger partial charge in [0.2, 0.25) is 5.91 Å². The average Bonchev–Trinajstić information content (AvgIpc) is 3.00. The second-order valence-corrected chi connectivity index (χ2v) is 5.41. The van der Waals surface area contributed by atoms with Gasteiger partial charge in [-0.3, -0.25) is 4.79 Å². The van der Waals surface area contributed by atoms with E-state index in [0.717, 1.165) is 21.7 Å². The van der Waals surface area contributed by atoms with Crippen molar-refractivity contribution < 1.29 is 4.79 Å². The van der Waals surface area contributed by atoms with Crippen molar-refractivity contribution in [3.63, 3.8) is 0 Å². The summed E-state index contributed by atoms with van der Waals surface area (Å²) in [6.45, 7) is 3.77. The molecule has 0 atom stereocenters. The van der Waals surface area contributed by atoms with Gasteiger partial charge < -0.3 is 5.32 Å². The Labute approximate surface area is 120 Å². The number of anilines is 1. The van der Waals surface area contributed by atoms with Crippen molar-refractivity contribution in [3.8, 4) is 5.69 Å². The van der Waals surface area contributed by atoms with Crippen LogP contribution in [-0.2, 0) is 4.79 Å². The first-order valence-corrected chi connectivity index (χ1v) is 7.22. The Balaban J connectivity index is 2.08. The van der Waals surface area contributed by atoms with Gasteiger partial charge in [-0.25, -0.2) is 4.68 Å². The van der Waals surface area contributed by atoms with E-state index in [9.17, 15) is 4.79 Å². The number of fused-ring (bicyclic) bond motifs is 1. The fraction of sp³-hybridized carbons (Fsp3) is 0.214. The number of hydrogen-bond acceptors (Lipinski definition) is 4. The molecule has 0 unspecified atom stereocenters. The molecule has 1 N–H and O–H groups in total. The van der Waals surface area contributed by atoms with Gasteiger partial charge in [0, 0.05) is 6.42 Å². The maximum atomic E-state index is 11.5. The molecule has 6 heteroatoms. The first-order valence-electron chi connectivity index (χ1n) is 6.40. The van der Waals surface area contributed by atoms with E-state index in [4.69, 9.17) is 0 Å². The number of amides is 1. The fourth-order valence-electron chi connectivity index (χ4n) is 1.94. The van der Waals surface area contributed by atoms with Crippen LogP contribution in [0.1, 0.15) is 19.0 Å². The topological polar surface area (TPSA) is 59.8 Å². The van der Waals surface area contributed by atoms with E-state index >= 15 is 0 Å². The number of hydrogen-bond donors (Lipinski definition) is 1. The van der Waals surface area contributed by atoms with Gasteiger partial charge in [0.1, 0.15) is 0 Å². The van der Waals surface area contributed by atoms with Gasteiger partial charge in [-0.2, -0.15) is 10.1 Å². The Bertz CT molecular complexity index is 760. The highest BCUT2D eigenvalue weighted by molar-refractivity contribution is 7.22. The molecule has 3 rings (SSSR count). The molecule has 1 amide bonds. The van der Waals surface area contributed by atoms with Crippen molar-refractivity contribution in [3.05, 3.63) is 36.0 Å². The van der Waals surface area contributed by atoms with Gasteiger partial charge in [0.25, 0.3) is 0 Å². The number of carbonyl (C=O) groups excluding carboxylic acids is 1. The van der Waals surface area contributed by atoms with E-state index in [2.05, 4.69) is 15.4 Å². The molecule has 5 nitrogen and oxygen atoms in total. The standard InChI is InChI=1S/C14H14N4OS/c1-3-11(19)15-14-16-13-12(20-14)9(2)17-18(13)10-7-5-4-6-8-10/h4-8H,3H2,1-2H3,(H,15,16,19). The van der Waals surface area contributed by atoms with Crippen LogP contribution in [-0.4, -0.2) is 20.7 Å². The lowest BCUT2D eigenvalue weighted by atomic mass is 10.3. The van der Waals surface area contributed by atoms with Crippen molar-refractivity contribution in [1.29, 1.82) is 0 Å². The molecule has 2 aromatic heterocycles. The van der Waals surface area contributed by atoms with Crippen molar-refractivity contribution in [1.82, 2.24) is 14.8 Å². The number of nitrogens with one attached hydrogen (secondary N) is 1. The van der Waals surface area contributed by atoms with Gasteiger partial charge in [-0.15, -0.1) is 0 Å². The van der Waals surface area contributed by atoms with Crippen molar-refractivity contribution in [2.45, 2.75) is 20.3 Å². The van der Waals surface area contributed by atoms with Crippen LogP contribution in [0.4, 0.5) is 5.13 Å². The molecule has 2 heterocycles. The Kier molecular flexibility index (Phi) is 3.23. The molecule has 0 spiro atoms. The number of aromatic nitrogens is 3. The summed E-state index contributed by atoms with van der Waals surface area (Å²) < 4.78 is 2.81. The van der Waals surface area contributed by atoms with Crippen LogP contribution in [0.15, 0.2) is 30.3 Å². The number of carbonyl (C=O) groups is 1. The van der Waals surface area contributed by atoms with Crippen LogP contribution in [0.2, 0.25) is 0 Å². The third-order valence-electron chi connectivity index (χ3n) is 2.96. The van der Waals surface area contributed by atoms with Gasteiger partial charge in [0.15, 0.2) is 10.8 Å². The van der Waals surface area contributed by atoms with E-state index in [0.29, 0.717) is 11.6 Å². The molecule has 0 aliphatic rings. The molecule has 0 aliphatic carbocycles. The first-order chi connectivity index (χ1) is 9.69. The smallest absolute Gasteiger partial charge is 0.225 e. The molecule has 102 valence electrons. The quantitative estimate of drug-likeness (QED) is 0.804. The molecule has 0 saturated carbocycles. The summed E-state index contributed by atoms with van der Waals surface area (Å²) in [5, 5.41) is 7.93. The lowest BCUT2D eigenvalue weighted by Crippen LogP contribution is -2.09. The molecular formula is C14H14N4OS. The van der Waals surface area contributed by atoms with Crippen LogP contribution in [0, 0.1) is 6.92 Å². The summed E-state index contributed by atoms with van der Waals surface area (Å²) in [7, 11) is 0. The Morgan fingerprint density at radius 3 is 2.80 bits per heavy atom. The molecule has 20 heavy (non-hydrogen) atoms. The predicted molar refractivity (Wildman–Crippen MR) is 80.4 cm³/mol. The van der Waals surface area contributed by atoms with E-state index in [-0.39, 0.29) is 5.91 Å². The molecule has 0 fully saturated rings. The van der Waals surface area contributed by atoms with Gasteiger partial charge in [0.05, 0.1) is 16.1 Å². The molecular weight excluding hydrogens is 272 g/mol. The zero-order valence-corrected chi connectivity index (χ0v) is 12.1. The number of rotatable bonds is 3. The average molecular weight is 286 g/mol. The van der Waals surface area contributed by atoms with Crippen LogP contribution in [0.25, 0.3) is 16.0 Å². The summed E-state index contributed by atoms with van der Waals surface area (Å²) >= 11 is 1.46. The molecule has 0 aliphatic heterocycles. The minimum Gasteiger partial charge on any atom is -0.302 e. The summed E-state index contributed by atoms with van der Waals surface area (Å²) in [6.07, 6.45) is 0.444. The van der Waals surface area contributed by atoms with Crippen molar-refractivity contribution >= 4 is 32.7 Å². The van der Waals surface area contributed by atoms with Crippen molar-refractivity contribution in [2.24, 2.45) is 0 Å². The van der Waals surface area contributed by atoms with E-state index < -0.39 is 0 Å². The second-order valence-electron chi connectivity index (χ2n) is 4.41. The number of thiazole rings is 1. The second kappa shape index (κ2) is 5.05. The van der Waals surface area contributed by atoms with Gasteiger partial charge in [-0.05, 0) is 19.1 Å². The highest BCUT2D eigenvalue weighted by atomic mass is 32.1. The molecule has 3 aromatic rings. The minimum atomic E-state index is -0.0294. The summed E-state index contributed by atoms with van der Waals surface area (Å²) in [6, 6.07) is 9.85. The number of nitrogens with zero attached hydrogens (tertiary/aromatic N) is 3. The third-order valence-corrected chi connectivity index (χ3v) is 4.03. The van der Waals surface area contributed by atoms with E-state index in [1.807, 2.05) is 48.9 Å². The van der Waals surface area contributed by atoms with E-state index in [1.165, 1.54) is 11.3 Å². The number of benzene rings is 1. The maximum absolute atomic E-state index is 11.5. The Hall–Kier alpha value is -2.21. The summed E-state index contributed by atoms with van der Waals surface area (Å²) in [5.41, 5.74) is 2.66. The minimum absolute atomic E-state index is 0.0294. The lowest BCUT2D eigenvalue weighted by molar-refractivity contribution is -0.115. The normalized spacial score (nSPS) is 10.9. The highest BCUT2D eigenvalue weighted by Crippen LogP contribution is 2.30. The van der Waals surface area contributed by atoms with Gasteiger partial charge in [-0.1, -0.05) is 36.5 Å². The van der Waals surface area contributed by atoms with Crippen molar-refractivity contribution in [2.75, 3.05) is 5.32 Å². The fourth-order valence-corrected chi connectivity index (χ4v) is 2.85. The van der Waals surface area contributed by atoms with Crippen LogP contribution >= 0.6 is 11.3 Å². The molecule has 0 saturated heterocycles. The number of para-hydroxylation sites is 1. The molecule has 0 bridgehead atoms. The Morgan fingerprint density at radius 2 is 2.10 bits per heavy atom. The molecule has 0 radical (unpaired) electrons. The Morgan fingerprint density at radius 1 is 1.35 bits per heavy atom. The van der Waals surface area contributed by atoms with Gasteiger partial charge >= 0.3 is 0 Å². The summed E-state index contributed by atoms with van der Waals surface area (Å²) in [5.74, 6) is -0.0294. The predicted octanol–water partition coefficient (Wildman–Crippen LogP) is 3.14. The first kappa shape index (κ1) is 12.8. The highest BCUT2D eigenvalue weighted by Gasteiger charge is 2.15. The SMILES string of the molecule is CCC(=O)Nc1nc2c(s1)c(C)nn2-c1ccccc1. The van der Waals surface area contributed by atoms with E-state index in [1.54, 1.807) is 0 Å². The molecule has 1 aromatic carbocycles. The largest absolute Gasteiger partial charge is 0.302 e. The monoisotopic (exact) mass is 286 g/mol.